The molecule has 1 fully saturated rings. The molecule has 0 aromatic heterocycles. The van der Waals surface area contributed by atoms with E-state index in [1.165, 1.54) is 37.8 Å². The van der Waals surface area contributed by atoms with Gasteiger partial charge in [-0.25, -0.2) is 0 Å². The Labute approximate surface area is 110 Å². The average Bonchev–Trinajstić information content (AvgIpc) is 2.38. The van der Waals surface area contributed by atoms with E-state index in [0.717, 1.165) is 17.4 Å². The zero-order valence-corrected chi connectivity index (χ0v) is 11.3. The van der Waals surface area contributed by atoms with E-state index in [4.69, 9.17) is 11.6 Å². The summed E-state index contributed by atoms with van der Waals surface area (Å²) < 4.78 is 0. The Morgan fingerprint density at radius 1 is 1.29 bits per heavy atom. The lowest BCUT2D eigenvalue weighted by Crippen LogP contribution is -2.38. The Bertz CT molecular complexity index is 333. The topological polar surface area (TPSA) is 12.0 Å². The summed E-state index contributed by atoms with van der Waals surface area (Å²) in [6.45, 7) is 3.51. The first-order chi connectivity index (χ1) is 8.28. The van der Waals surface area contributed by atoms with Crippen LogP contribution in [0.2, 0.25) is 5.02 Å². The van der Waals surface area contributed by atoms with E-state index in [-0.39, 0.29) is 0 Å². The molecule has 2 atom stereocenters. The van der Waals surface area contributed by atoms with Crippen LogP contribution in [0.25, 0.3) is 0 Å². The molecule has 1 saturated heterocycles. The van der Waals surface area contributed by atoms with Crippen molar-refractivity contribution in [1.82, 2.24) is 5.32 Å². The molecule has 1 heterocycles. The van der Waals surface area contributed by atoms with Crippen molar-refractivity contribution >= 4 is 11.6 Å². The number of hydrogen-bond acceptors (Lipinski definition) is 1. The van der Waals surface area contributed by atoms with Crippen molar-refractivity contribution in [3.63, 3.8) is 0 Å². The quantitative estimate of drug-likeness (QED) is 0.851. The van der Waals surface area contributed by atoms with Gasteiger partial charge in [-0.2, -0.15) is 0 Å². The van der Waals surface area contributed by atoms with Crippen LogP contribution in [0.15, 0.2) is 24.3 Å². The van der Waals surface area contributed by atoms with Crippen molar-refractivity contribution in [3.8, 4) is 0 Å². The fourth-order valence-electron chi connectivity index (χ4n) is 2.68. The van der Waals surface area contributed by atoms with E-state index in [1.54, 1.807) is 0 Å². The second-order valence-corrected chi connectivity index (χ2v) is 5.55. The predicted octanol–water partition coefficient (Wildman–Crippen LogP) is 4.05. The maximum atomic E-state index is 5.89. The van der Waals surface area contributed by atoms with Crippen LogP contribution >= 0.6 is 11.6 Å². The van der Waals surface area contributed by atoms with Crippen molar-refractivity contribution in [2.45, 2.75) is 45.1 Å². The van der Waals surface area contributed by atoms with Gasteiger partial charge in [-0.05, 0) is 55.8 Å². The molecule has 1 nitrogen and oxygen atoms in total. The van der Waals surface area contributed by atoms with Crippen LogP contribution in [0.1, 0.15) is 38.2 Å². The lowest BCUT2D eigenvalue weighted by atomic mass is 9.88. The highest BCUT2D eigenvalue weighted by Crippen LogP contribution is 2.22. The summed E-state index contributed by atoms with van der Waals surface area (Å²) in [6, 6.07) is 8.97. The standard InChI is InChI=1S/C15H22ClN/c1-2-12-9-10-17-15(11-12)8-5-13-3-6-14(16)7-4-13/h3-4,6-7,12,15,17H,2,5,8-11H2,1H3. The number of hydrogen-bond donors (Lipinski definition) is 1. The second kappa shape index (κ2) is 6.42. The largest absolute Gasteiger partial charge is 0.314 e. The molecule has 1 N–H and O–H groups in total. The van der Waals surface area contributed by atoms with Crippen molar-refractivity contribution in [3.05, 3.63) is 34.9 Å². The van der Waals surface area contributed by atoms with E-state index in [1.807, 2.05) is 12.1 Å². The Kier molecular flexibility index (Phi) is 4.87. The normalized spacial score (nSPS) is 24.8. The van der Waals surface area contributed by atoms with E-state index < -0.39 is 0 Å². The van der Waals surface area contributed by atoms with Gasteiger partial charge in [0.1, 0.15) is 0 Å². The maximum Gasteiger partial charge on any atom is 0.0406 e. The molecule has 2 rings (SSSR count). The number of rotatable bonds is 4. The third kappa shape index (κ3) is 4.01. The third-order valence-electron chi connectivity index (χ3n) is 3.88. The van der Waals surface area contributed by atoms with Gasteiger partial charge < -0.3 is 5.32 Å². The summed E-state index contributed by atoms with van der Waals surface area (Å²) in [4.78, 5) is 0. The first-order valence-corrected chi connectivity index (χ1v) is 7.13. The van der Waals surface area contributed by atoms with Crippen molar-refractivity contribution in [1.29, 1.82) is 0 Å². The van der Waals surface area contributed by atoms with Crippen LogP contribution in [-0.2, 0) is 6.42 Å². The summed E-state index contributed by atoms with van der Waals surface area (Å²) in [5.41, 5.74) is 1.40. The second-order valence-electron chi connectivity index (χ2n) is 5.11. The van der Waals surface area contributed by atoms with Crippen molar-refractivity contribution < 1.29 is 0 Å². The highest BCUT2D eigenvalue weighted by molar-refractivity contribution is 6.30. The molecule has 0 aliphatic carbocycles. The van der Waals surface area contributed by atoms with Crippen LogP contribution in [0, 0.1) is 5.92 Å². The van der Waals surface area contributed by atoms with Gasteiger partial charge >= 0.3 is 0 Å². The Morgan fingerprint density at radius 2 is 2.06 bits per heavy atom. The van der Waals surface area contributed by atoms with E-state index in [0.29, 0.717) is 6.04 Å². The SMILES string of the molecule is CCC1CCNC(CCc2ccc(Cl)cc2)C1. The molecular formula is C15H22ClN. The molecular weight excluding hydrogens is 230 g/mol. The first kappa shape index (κ1) is 12.9. The number of piperidine rings is 1. The van der Waals surface area contributed by atoms with E-state index in [2.05, 4.69) is 24.4 Å². The number of aryl methyl sites for hydroxylation is 1. The maximum absolute atomic E-state index is 5.89. The van der Waals surface area contributed by atoms with Gasteiger partial charge in [0.15, 0.2) is 0 Å². The van der Waals surface area contributed by atoms with Crippen LogP contribution in [-0.4, -0.2) is 12.6 Å². The molecule has 2 heteroatoms. The summed E-state index contributed by atoms with van der Waals surface area (Å²) in [5.74, 6) is 0.937. The molecule has 17 heavy (non-hydrogen) atoms. The van der Waals surface area contributed by atoms with Gasteiger partial charge in [-0.15, -0.1) is 0 Å². The Morgan fingerprint density at radius 3 is 2.76 bits per heavy atom. The van der Waals surface area contributed by atoms with Gasteiger partial charge in [0.25, 0.3) is 0 Å². The third-order valence-corrected chi connectivity index (χ3v) is 4.13. The molecule has 1 aliphatic heterocycles. The minimum absolute atomic E-state index is 0.712. The van der Waals surface area contributed by atoms with Gasteiger partial charge in [-0.1, -0.05) is 37.1 Å². The summed E-state index contributed by atoms with van der Waals surface area (Å²) in [6.07, 6.45) is 6.45. The number of halogens is 1. The molecule has 94 valence electrons. The number of nitrogens with one attached hydrogen (secondary N) is 1. The fourth-order valence-corrected chi connectivity index (χ4v) is 2.80. The van der Waals surface area contributed by atoms with Crippen LogP contribution in [0.4, 0.5) is 0 Å². The first-order valence-electron chi connectivity index (χ1n) is 6.75. The van der Waals surface area contributed by atoms with E-state index in [9.17, 15) is 0 Å². The van der Waals surface area contributed by atoms with Gasteiger partial charge in [0.05, 0.1) is 0 Å². The zero-order chi connectivity index (χ0) is 12.1. The summed E-state index contributed by atoms with van der Waals surface area (Å²) >= 11 is 5.89. The number of benzene rings is 1. The molecule has 2 unspecified atom stereocenters. The molecule has 0 amide bonds. The Hall–Kier alpha value is -0.530. The highest BCUT2D eigenvalue weighted by atomic mass is 35.5. The zero-order valence-electron chi connectivity index (χ0n) is 10.6. The lowest BCUT2D eigenvalue weighted by molar-refractivity contribution is 0.285. The molecule has 0 spiro atoms. The van der Waals surface area contributed by atoms with Crippen LogP contribution in [0.3, 0.4) is 0 Å². The molecule has 0 bridgehead atoms. The predicted molar refractivity (Wildman–Crippen MR) is 74.6 cm³/mol. The smallest absolute Gasteiger partial charge is 0.0406 e. The monoisotopic (exact) mass is 251 g/mol. The van der Waals surface area contributed by atoms with Crippen LogP contribution in [0.5, 0.6) is 0 Å². The van der Waals surface area contributed by atoms with Crippen LogP contribution < -0.4 is 5.32 Å². The van der Waals surface area contributed by atoms with E-state index >= 15 is 0 Å². The minimum atomic E-state index is 0.712. The van der Waals surface area contributed by atoms with Gasteiger partial charge in [-0.3, -0.25) is 0 Å². The molecule has 0 saturated carbocycles. The van der Waals surface area contributed by atoms with Crippen molar-refractivity contribution in [2.24, 2.45) is 5.92 Å². The summed E-state index contributed by atoms with van der Waals surface area (Å²) in [5, 5.41) is 4.47. The molecule has 1 aromatic rings. The van der Waals surface area contributed by atoms with Crippen molar-refractivity contribution in [2.75, 3.05) is 6.54 Å². The fraction of sp³-hybridized carbons (Fsp3) is 0.600. The minimum Gasteiger partial charge on any atom is -0.314 e. The molecule has 1 aliphatic rings. The average molecular weight is 252 g/mol. The molecule has 0 radical (unpaired) electrons. The van der Waals surface area contributed by atoms with Gasteiger partial charge in [0, 0.05) is 11.1 Å². The Balaban J connectivity index is 1.79. The summed E-state index contributed by atoms with van der Waals surface area (Å²) in [7, 11) is 0. The lowest BCUT2D eigenvalue weighted by Gasteiger charge is -2.29. The molecule has 1 aromatic carbocycles. The highest BCUT2D eigenvalue weighted by Gasteiger charge is 2.19. The van der Waals surface area contributed by atoms with Gasteiger partial charge in [0.2, 0.25) is 0 Å².